The van der Waals surface area contributed by atoms with Crippen molar-refractivity contribution in [1.29, 1.82) is 0 Å². The molecule has 0 saturated heterocycles. The smallest absolute Gasteiger partial charge is 0.222 e. The van der Waals surface area contributed by atoms with E-state index in [1.54, 1.807) is 24.4 Å². The summed E-state index contributed by atoms with van der Waals surface area (Å²) in [5.74, 6) is 0.503. The molecule has 0 spiro atoms. The quantitative estimate of drug-likeness (QED) is 0.580. The number of phenolic OH excluding ortho intramolecular Hbond substituents is 1. The standard InChI is InChI=1S/C11H9N3O2/c12-11-4-10(14-16-11)8-5-13-9-3-6(15)1-2-7(8)9/h1-5,13,15H,12H2. The first-order valence-electron chi connectivity index (χ1n) is 4.77. The van der Waals surface area contributed by atoms with Gasteiger partial charge in [-0.15, -0.1) is 0 Å². The van der Waals surface area contributed by atoms with Crippen LogP contribution in [0.2, 0.25) is 0 Å². The second kappa shape index (κ2) is 3.03. The molecule has 3 rings (SSSR count). The summed E-state index contributed by atoms with van der Waals surface area (Å²) in [6.07, 6.45) is 1.81. The van der Waals surface area contributed by atoms with Crippen LogP contribution < -0.4 is 5.73 Å². The minimum Gasteiger partial charge on any atom is -0.508 e. The number of H-pyrrole nitrogens is 1. The molecule has 0 aliphatic heterocycles. The lowest BCUT2D eigenvalue weighted by Gasteiger charge is -1.94. The third kappa shape index (κ3) is 1.22. The van der Waals surface area contributed by atoms with Crippen LogP contribution in [-0.4, -0.2) is 15.2 Å². The fourth-order valence-electron chi connectivity index (χ4n) is 1.74. The summed E-state index contributed by atoms with van der Waals surface area (Å²) in [5.41, 5.74) is 7.89. The van der Waals surface area contributed by atoms with Crippen LogP contribution in [0.5, 0.6) is 5.75 Å². The van der Waals surface area contributed by atoms with Gasteiger partial charge in [0, 0.05) is 34.8 Å². The SMILES string of the molecule is Nc1cc(-c2c[nH]c3cc(O)ccc23)no1. The highest BCUT2D eigenvalue weighted by Gasteiger charge is 2.10. The summed E-state index contributed by atoms with van der Waals surface area (Å²) in [6, 6.07) is 6.77. The largest absolute Gasteiger partial charge is 0.508 e. The Morgan fingerprint density at radius 3 is 2.94 bits per heavy atom. The Morgan fingerprint density at radius 2 is 2.19 bits per heavy atom. The van der Waals surface area contributed by atoms with Gasteiger partial charge < -0.3 is 20.3 Å². The highest BCUT2D eigenvalue weighted by molar-refractivity contribution is 5.95. The minimum atomic E-state index is 0.223. The number of aromatic amines is 1. The molecule has 2 aromatic heterocycles. The zero-order valence-electron chi connectivity index (χ0n) is 8.27. The van der Waals surface area contributed by atoms with Crippen molar-refractivity contribution >= 4 is 16.8 Å². The van der Waals surface area contributed by atoms with Crippen molar-refractivity contribution in [2.24, 2.45) is 0 Å². The van der Waals surface area contributed by atoms with Gasteiger partial charge in [0.25, 0.3) is 0 Å². The number of benzene rings is 1. The van der Waals surface area contributed by atoms with Crippen molar-refractivity contribution in [3.63, 3.8) is 0 Å². The molecule has 0 unspecified atom stereocenters. The summed E-state index contributed by atoms with van der Waals surface area (Å²) in [4.78, 5) is 3.05. The van der Waals surface area contributed by atoms with Crippen molar-refractivity contribution in [1.82, 2.24) is 10.1 Å². The number of rotatable bonds is 1. The van der Waals surface area contributed by atoms with Gasteiger partial charge in [-0.05, 0) is 12.1 Å². The Hall–Kier alpha value is -2.43. The number of hydrogen-bond donors (Lipinski definition) is 3. The van der Waals surface area contributed by atoms with Gasteiger partial charge in [-0.3, -0.25) is 0 Å². The van der Waals surface area contributed by atoms with Crippen molar-refractivity contribution in [3.05, 3.63) is 30.5 Å². The average molecular weight is 215 g/mol. The van der Waals surface area contributed by atoms with E-state index in [1.165, 1.54) is 0 Å². The average Bonchev–Trinajstić information content (AvgIpc) is 2.83. The van der Waals surface area contributed by atoms with Crippen molar-refractivity contribution in [3.8, 4) is 17.0 Å². The number of nitrogens with zero attached hydrogens (tertiary/aromatic N) is 1. The molecule has 80 valence electrons. The number of anilines is 1. The molecule has 3 aromatic rings. The van der Waals surface area contributed by atoms with Crippen molar-refractivity contribution < 1.29 is 9.63 Å². The fourth-order valence-corrected chi connectivity index (χ4v) is 1.74. The molecule has 0 fully saturated rings. The molecule has 1 aromatic carbocycles. The number of hydrogen-bond acceptors (Lipinski definition) is 4. The van der Waals surface area contributed by atoms with Crippen LogP contribution in [-0.2, 0) is 0 Å². The van der Waals surface area contributed by atoms with E-state index in [0.29, 0.717) is 5.69 Å². The van der Waals surface area contributed by atoms with E-state index >= 15 is 0 Å². The first-order valence-corrected chi connectivity index (χ1v) is 4.77. The highest BCUT2D eigenvalue weighted by Crippen LogP contribution is 2.30. The van der Waals surface area contributed by atoms with Gasteiger partial charge in [0.05, 0.1) is 0 Å². The topological polar surface area (TPSA) is 88.1 Å². The molecule has 0 radical (unpaired) electrons. The molecule has 0 amide bonds. The predicted octanol–water partition coefficient (Wildman–Crippen LogP) is 2.11. The Bertz CT molecular complexity index is 654. The Kier molecular flexibility index (Phi) is 1.67. The van der Waals surface area contributed by atoms with Gasteiger partial charge >= 0.3 is 0 Å². The summed E-state index contributed by atoms with van der Waals surface area (Å²) in [7, 11) is 0. The maximum absolute atomic E-state index is 9.34. The van der Waals surface area contributed by atoms with Gasteiger partial charge in [-0.1, -0.05) is 5.16 Å². The van der Waals surface area contributed by atoms with E-state index in [1.807, 2.05) is 6.07 Å². The highest BCUT2D eigenvalue weighted by atomic mass is 16.5. The second-order valence-corrected chi connectivity index (χ2v) is 3.55. The molecule has 5 heteroatoms. The van der Waals surface area contributed by atoms with Gasteiger partial charge in [0.15, 0.2) is 0 Å². The maximum atomic E-state index is 9.34. The van der Waals surface area contributed by atoms with Gasteiger partial charge in [-0.25, -0.2) is 0 Å². The number of phenols is 1. The van der Waals surface area contributed by atoms with Crippen LogP contribution >= 0.6 is 0 Å². The number of aromatic nitrogens is 2. The number of nitrogens with one attached hydrogen (secondary N) is 1. The van der Waals surface area contributed by atoms with E-state index in [9.17, 15) is 5.11 Å². The zero-order valence-corrected chi connectivity index (χ0v) is 8.27. The lowest BCUT2D eigenvalue weighted by Crippen LogP contribution is -1.76. The third-order valence-corrected chi connectivity index (χ3v) is 2.47. The summed E-state index contributed by atoms with van der Waals surface area (Å²) >= 11 is 0. The zero-order chi connectivity index (χ0) is 11.1. The van der Waals surface area contributed by atoms with Gasteiger partial charge in [0.2, 0.25) is 5.88 Å². The molecule has 0 saturated carbocycles. The van der Waals surface area contributed by atoms with Crippen LogP contribution in [0.1, 0.15) is 0 Å². The minimum absolute atomic E-state index is 0.223. The molecular weight excluding hydrogens is 206 g/mol. The van der Waals surface area contributed by atoms with Crippen molar-refractivity contribution in [2.45, 2.75) is 0 Å². The van der Waals surface area contributed by atoms with Crippen LogP contribution in [0.25, 0.3) is 22.2 Å². The molecule has 4 N–H and O–H groups in total. The first kappa shape index (κ1) is 8.84. The molecule has 0 bridgehead atoms. The second-order valence-electron chi connectivity index (χ2n) is 3.55. The van der Waals surface area contributed by atoms with E-state index in [-0.39, 0.29) is 11.6 Å². The first-order chi connectivity index (χ1) is 7.74. The lowest BCUT2D eigenvalue weighted by molar-refractivity contribution is 0.439. The number of nitrogen functional groups attached to an aromatic ring is 1. The monoisotopic (exact) mass is 215 g/mol. The Morgan fingerprint density at radius 1 is 1.31 bits per heavy atom. The lowest BCUT2D eigenvalue weighted by atomic mass is 10.1. The van der Waals surface area contributed by atoms with Gasteiger partial charge in [0.1, 0.15) is 11.4 Å². The van der Waals surface area contributed by atoms with Crippen molar-refractivity contribution in [2.75, 3.05) is 5.73 Å². The maximum Gasteiger partial charge on any atom is 0.222 e. The van der Waals surface area contributed by atoms with Crippen LogP contribution in [0.4, 0.5) is 5.88 Å². The van der Waals surface area contributed by atoms with E-state index in [4.69, 9.17) is 10.3 Å². The molecule has 5 nitrogen and oxygen atoms in total. The summed E-state index contributed by atoms with van der Waals surface area (Å²) in [6.45, 7) is 0. The Balaban J connectivity index is 2.25. The van der Waals surface area contributed by atoms with E-state index in [2.05, 4.69) is 10.1 Å². The van der Waals surface area contributed by atoms with Crippen LogP contribution in [0.15, 0.2) is 35.0 Å². The number of fused-ring (bicyclic) bond motifs is 1. The molecule has 2 heterocycles. The molecule has 0 aliphatic carbocycles. The van der Waals surface area contributed by atoms with Gasteiger partial charge in [-0.2, -0.15) is 0 Å². The molecule has 16 heavy (non-hydrogen) atoms. The molecule has 0 atom stereocenters. The Labute approximate surface area is 90.5 Å². The van der Waals surface area contributed by atoms with E-state index in [0.717, 1.165) is 16.5 Å². The predicted molar refractivity (Wildman–Crippen MR) is 59.9 cm³/mol. The normalized spacial score (nSPS) is 11.0. The number of nitrogens with two attached hydrogens (primary N) is 1. The van der Waals surface area contributed by atoms with Crippen LogP contribution in [0.3, 0.4) is 0 Å². The van der Waals surface area contributed by atoms with Crippen LogP contribution in [0, 0.1) is 0 Å². The summed E-state index contributed by atoms with van der Waals surface area (Å²) < 4.78 is 4.83. The molecule has 0 aliphatic rings. The fraction of sp³-hybridized carbons (Fsp3) is 0. The molecular formula is C11H9N3O2. The van der Waals surface area contributed by atoms with E-state index < -0.39 is 0 Å². The summed E-state index contributed by atoms with van der Waals surface area (Å²) in [5, 5.41) is 14.2. The number of aromatic hydroxyl groups is 1. The third-order valence-electron chi connectivity index (χ3n) is 2.47.